The van der Waals surface area contributed by atoms with Crippen molar-refractivity contribution in [2.45, 2.75) is 6.92 Å². The van der Waals surface area contributed by atoms with Gasteiger partial charge in [-0.2, -0.15) is 0 Å². The van der Waals surface area contributed by atoms with E-state index in [2.05, 4.69) is 10.6 Å². The normalized spacial score (nSPS) is 10.3. The number of rotatable bonds is 8. The molecule has 8 heteroatoms. The van der Waals surface area contributed by atoms with Gasteiger partial charge >= 0.3 is 5.97 Å². The molecule has 0 atom stereocenters. The summed E-state index contributed by atoms with van der Waals surface area (Å²) in [4.78, 5) is 12.5. The van der Waals surface area contributed by atoms with E-state index in [1.165, 1.54) is 11.3 Å². The number of thiophene rings is 1. The maximum Gasteiger partial charge on any atom is 0.341 e. The minimum absolute atomic E-state index is 0.298. The van der Waals surface area contributed by atoms with Crippen molar-refractivity contribution >= 4 is 39.6 Å². The number of nitrogens with one attached hydrogen (secondary N) is 2. The van der Waals surface area contributed by atoms with Crippen LogP contribution in [0.25, 0.3) is 11.1 Å². The summed E-state index contributed by atoms with van der Waals surface area (Å²) in [7, 11) is 3.24. The van der Waals surface area contributed by atoms with Gasteiger partial charge in [-0.3, -0.25) is 0 Å². The second-order valence-corrected chi connectivity index (χ2v) is 6.46. The fraction of sp³-hybridized carbons (Fsp3) is 0.333. The van der Waals surface area contributed by atoms with Crippen LogP contribution in [0.5, 0.6) is 5.75 Å². The summed E-state index contributed by atoms with van der Waals surface area (Å²) in [6.07, 6.45) is 0. The topological polar surface area (TPSA) is 68.8 Å². The fourth-order valence-electron chi connectivity index (χ4n) is 2.25. The summed E-state index contributed by atoms with van der Waals surface area (Å²) < 4.78 is 15.4. The standard InChI is InChI=1S/C18H22N2O4S2/c1-4-24-17(21)15-14(12-5-7-13(23-3)8-6-12)11-26-16(15)20-18(25)19-9-10-22-2/h5-8,11H,4,9-10H2,1-3H3,(H2,19,20,25). The highest BCUT2D eigenvalue weighted by atomic mass is 32.1. The van der Waals surface area contributed by atoms with Gasteiger partial charge in [-0.05, 0) is 36.8 Å². The van der Waals surface area contributed by atoms with E-state index in [0.717, 1.165) is 16.9 Å². The number of benzene rings is 1. The van der Waals surface area contributed by atoms with Gasteiger partial charge in [0, 0.05) is 24.6 Å². The quantitative estimate of drug-likeness (QED) is 0.403. The molecule has 0 bridgehead atoms. The van der Waals surface area contributed by atoms with Crippen molar-refractivity contribution in [2.24, 2.45) is 0 Å². The zero-order valence-corrected chi connectivity index (χ0v) is 16.6. The number of methoxy groups -OCH3 is 2. The number of thiocarbonyl (C=S) groups is 1. The Morgan fingerprint density at radius 2 is 1.96 bits per heavy atom. The number of hydrogen-bond donors (Lipinski definition) is 2. The van der Waals surface area contributed by atoms with E-state index in [1.54, 1.807) is 21.1 Å². The maximum absolute atomic E-state index is 12.5. The van der Waals surface area contributed by atoms with E-state index < -0.39 is 0 Å². The summed E-state index contributed by atoms with van der Waals surface area (Å²) in [6, 6.07) is 7.52. The Bertz CT molecular complexity index is 744. The minimum atomic E-state index is -0.387. The van der Waals surface area contributed by atoms with Crippen LogP contribution in [-0.4, -0.2) is 45.1 Å². The summed E-state index contributed by atoms with van der Waals surface area (Å²) in [5.74, 6) is 0.366. The third kappa shape index (κ3) is 5.17. The molecular formula is C18H22N2O4S2. The molecule has 26 heavy (non-hydrogen) atoms. The molecule has 0 aliphatic heterocycles. The smallest absolute Gasteiger partial charge is 0.341 e. The predicted molar refractivity (Wildman–Crippen MR) is 108 cm³/mol. The maximum atomic E-state index is 12.5. The van der Waals surface area contributed by atoms with Crippen molar-refractivity contribution < 1.29 is 19.0 Å². The summed E-state index contributed by atoms with van der Waals surface area (Å²) >= 11 is 6.68. The molecule has 1 heterocycles. The Labute approximate surface area is 162 Å². The first kappa shape index (κ1) is 20.2. The molecule has 0 aliphatic rings. The lowest BCUT2D eigenvalue weighted by Gasteiger charge is -2.11. The van der Waals surface area contributed by atoms with Crippen LogP contribution in [0, 0.1) is 0 Å². The van der Waals surface area contributed by atoms with Crippen molar-refractivity contribution in [1.82, 2.24) is 5.32 Å². The first-order valence-corrected chi connectivity index (χ1v) is 9.36. The molecule has 0 radical (unpaired) electrons. The van der Waals surface area contributed by atoms with Crippen LogP contribution in [-0.2, 0) is 9.47 Å². The molecule has 1 aromatic heterocycles. The summed E-state index contributed by atoms with van der Waals surface area (Å²) in [5, 5.41) is 9.09. The van der Waals surface area contributed by atoms with E-state index in [9.17, 15) is 4.79 Å². The van der Waals surface area contributed by atoms with Gasteiger partial charge in [-0.1, -0.05) is 12.1 Å². The molecular weight excluding hydrogens is 372 g/mol. The molecule has 0 saturated heterocycles. The molecule has 0 unspecified atom stereocenters. The Morgan fingerprint density at radius 3 is 2.58 bits per heavy atom. The van der Waals surface area contributed by atoms with E-state index >= 15 is 0 Å². The number of carbonyl (C=O) groups excluding carboxylic acids is 1. The predicted octanol–water partition coefficient (Wildman–Crippen LogP) is 3.53. The first-order valence-electron chi connectivity index (χ1n) is 8.07. The summed E-state index contributed by atoms with van der Waals surface area (Å²) in [5.41, 5.74) is 2.16. The SMILES string of the molecule is CCOC(=O)c1c(-c2ccc(OC)cc2)csc1NC(=S)NCCOC. The molecule has 2 rings (SSSR count). The summed E-state index contributed by atoms with van der Waals surface area (Å²) in [6.45, 7) is 3.19. The van der Waals surface area contributed by atoms with Gasteiger partial charge in [0.05, 0.1) is 20.3 Å². The lowest BCUT2D eigenvalue weighted by Crippen LogP contribution is -2.31. The van der Waals surface area contributed by atoms with Crippen LogP contribution in [0.15, 0.2) is 29.6 Å². The van der Waals surface area contributed by atoms with Gasteiger partial charge in [-0.15, -0.1) is 11.3 Å². The van der Waals surface area contributed by atoms with Gasteiger partial charge in [-0.25, -0.2) is 4.79 Å². The van der Waals surface area contributed by atoms with E-state index in [0.29, 0.717) is 35.4 Å². The zero-order valence-electron chi connectivity index (χ0n) is 15.0. The van der Waals surface area contributed by atoms with E-state index in [4.69, 9.17) is 26.4 Å². The molecule has 2 N–H and O–H groups in total. The van der Waals surface area contributed by atoms with Crippen LogP contribution < -0.4 is 15.4 Å². The molecule has 0 amide bonds. The van der Waals surface area contributed by atoms with E-state index in [1.807, 2.05) is 29.6 Å². The highest BCUT2D eigenvalue weighted by Crippen LogP contribution is 2.36. The van der Waals surface area contributed by atoms with Crippen molar-refractivity contribution in [2.75, 3.05) is 39.3 Å². The van der Waals surface area contributed by atoms with Gasteiger partial charge in [0.15, 0.2) is 5.11 Å². The molecule has 6 nitrogen and oxygen atoms in total. The lowest BCUT2D eigenvalue weighted by atomic mass is 10.0. The lowest BCUT2D eigenvalue weighted by molar-refractivity contribution is 0.0529. The molecule has 140 valence electrons. The largest absolute Gasteiger partial charge is 0.497 e. The van der Waals surface area contributed by atoms with Gasteiger partial charge in [0.25, 0.3) is 0 Å². The third-order valence-corrected chi connectivity index (χ3v) is 4.63. The van der Waals surface area contributed by atoms with Crippen LogP contribution in [0.4, 0.5) is 5.00 Å². The third-order valence-electron chi connectivity index (χ3n) is 3.49. The van der Waals surface area contributed by atoms with Gasteiger partial charge < -0.3 is 24.8 Å². The van der Waals surface area contributed by atoms with E-state index in [-0.39, 0.29) is 5.97 Å². The molecule has 0 spiro atoms. The second-order valence-electron chi connectivity index (χ2n) is 5.18. The minimum Gasteiger partial charge on any atom is -0.497 e. The number of esters is 1. The average Bonchev–Trinajstić information content (AvgIpc) is 3.05. The van der Waals surface area contributed by atoms with Crippen molar-refractivity contribution in [3.63, 3.8) is 0 Å². The fourth-order valence-corrected chi connectivity index (χ4v) is 3.48. The van der Waals surface area contributed by atoms with Gasteiger partial charge in [0.2, 0.25) is 0 Å². The Kier molecular flexibility index (Phi) is 7.83. The first-order chi connectivity index (χ1) is 12.6. The molecule has 0 fully saturated rings. The molecule has 1 aromatic carbocycles. The number of ether oxygens (including phenoxy) is 3. The van der Waals surface area contributed by atoms with Crippen molar-refractivity contribution in [1.29, 1.82) is 0 Å². The Balaban J connectivity index is 2.29. The van der Waals surface area contributed by atoms with Crippen LogP contribution in [0.2, 0.25) is 0 Å². The van der Waals surface area contributed by atoms with Crippen LogP contribution in [0.1, 0.15) is 17.3 Å². The van der Waals surface area contributed by atoms with Crippen LogP contribution in [0.3, 0.4) is 0 Å². The zero-order chi connectivity index (χ0) is 18.9. The second kappa shape index (κ2) is 10.1. The highest BCUT2D eigenvalue weighted by Gasteiger charge is 2.22. The molecule has 0 aliphatic carbocycles. The number of hydrogen-bond acceptors (Lipinski definition) is 6. The highest BCUT2D eigenvalue weighted by molar-refractivity contribution is 7.80. The molecule has 0 saturated carbocycles. The Hall–Kier alpha value is -2.16. The van der Waals surface area contributed by atoms with Crippen molar-refractivity contribution in [3.05, 3.63) is 35.2 Å². The average molecular weight is 395 g/mol. The number of carbonyl (C=O) groups is 1. The monoisotopic (exact) mass is 394 g/mol. The van der Waals surface area contributed by atoms with Gasteiger partial charge in [0.1, 0.15) is 16.3 Å². The van der Waals surface area contributed by atoms with Crippen molar-refractivity contribution in [3.8, 4) is 16.9 Å². The number of anilines is 1. The van der Waals surface area contributed by atoms with Crippen LogP contribution >= 0.6 is 23.6 Å². The Morgan fingerprint density at radius 1 is 1.23 bits per heavy atom. The molecule has 2 aromatic rings.